The van der Waals surface area contributed by atoms with Gasteiger partial charge >= 0.3 is 0 Å². The molecule has 1 heterocycles. The Morgan fingerprint density at radius 1 is 1.46 bits per heavy atom. The van der Waals surface area contributed by atoms with E-state index in [2.05, 4.69) is 10.2 Å². The lowest BCUT2D eigenvalue weighted by molar-refractivity contribution is -0.108. The van der Waals surface area contributed by atoms with Crippen molar-refractivity contribution in [1.82, 2.24) is 10.2 Å². The standard InChI is InChI=1S/C10H10N2O/c1-7(6-13)10-8-4-2-3-5-9(8)11-12-10/h2-7H,1H3,(H,11,12). The Kier molecular flexibility index (Phi) is 1.85. The molecule has 2 rings (SSSR count). The first-order valence-electron chi connectivity index (χ1n) is 4.21. The third-order valence-electron chi connectivity index (χ3n) is 2.15. The minimum Gasteiger partial charge on any atom is -0.303 e. The summed E-state index contributed by atoms with van der Waals surface area (Å²) < 4.78 is 0. The van der Waals surface area contributed by atoms with Crippen molar-refractivity contribution in [2.45, 2.75) is 12.8 Å². The number of benzene rings is 1. The van der Waals surface area contributed by atoms with Gasteiger partial charge in [-0.25, -0.2) is 0 Å². The van der Waals surface area contributed by atoms with Crippen molar-refractivity contribution in [3.63, 3.8) is 0 Å². The van der Waals surface area contributed by atoms with Crippen molar-refractivity contribution in [2.75, 3.05) is 0 Å². The van der Waals surface area contributed by atoms with Crippen LogP contribution in [-0.4, -0.2) is 16.5 Å². The number of hydrogen-bond donors (Lipinski definition) is 1. The van der Waals surface area contributed by atoms with Gasteiger partial charge in [-0.05, 0) is 6.07 Å². The highest BCUT2D eigenvalue weighted by atomic mass is 16.1. The van der Waals surface area contributed by atoms with E-state index in [1.807, 2.05) is 31.2 Å². The predicted octanol–water partition coefficient (Wildman–Crippen LogP) is 1.87. The summed E-state index contributed by atoms with van der Waals surface area (Å²) >= 11 is 0. The fourth-order valence-electron chi connectivity index (χ4n) is 1.39. The first-order valence-corrected chi connectivity index (χ1v) is 4.21. The van der Waals surface area contributed by atoms with Crippen molar-refractivity contribution in [1.29, 1.82) is 0 Å². The highest BCUT2D eigenvalue weighted by Crippen LogP contribution is 2.20. The second-order valence-corrected chi connectivity index (χ2v) is 3.08. The van der Waals surface area contributed by atoms with E-state index >= 15 is 0 Å². The van der Waals surface area contributed by atoms with E-state index in [9.17, 15) is 4.79 Å². The molecule has 0 amide bonds. The zero-order valence-corrected chi connectivity index (χ0v) is 7.32. The summed E-state index contributed by atoms with van der Waals surface area (Å²) in [6.07, 6.45) is 0.917. The minimum absolute atomic E-state index is 0.118. The average molecular weight is 174 g/mol. The Morgan fingerprint density at radius 2 is 2.23 bits per heavy atom. The summed E-state index contributed by atoms with van der Waals surface area (Å²) in [6.45, 7) is 1.85. The van der Waals surface area contributed by atoms with Crippen LogP contribution in [0, 0.1) is 0 Å². The maximum absolute atomic E-state index is 10.6. The third kappa shape index (κ3) is 1.22. The molecule has 1 unspecified atom stereocenters. The van der Waals surface area contributed by atoms with Gasteiger partial charge in [-0.3, -0.25) is 5.10 Å². The number of nitrogens with zero attached hydrogens (tertiary/aromatic N) is 1. The van der Waals surface area contributed by atoms with Crippen LogP contribution in [0.2, 0.25) is 0 Å². The highest BCUT2D eigenvalue weighted by Gasteiger charge is 2.10. The first kappa shape index (κ1) is 7.98. The molecule has 2 aromatic rings. The Balaban J connectivity index is 2.64. The molecule has 0 bridgehead atoms. The molecular weight excluding hydrogens is 164 g/mol. The number of aldehydes is 1. The number of rotatable bonds is 2. The van der Waals surface area contributed by atoms with Gasteiger partial charge in [0.15, 0.2) is 0 Å². The summed E-state index contributed by atoms with van der Waals surface area (Å²) in [5, 5.41) is 8.02. The number of carbonyl (C=O) groups excluding carboxylic acids is 1. The molecule has 1 N–H and O–H groups in total. The van der Waals surface area contributed by atoms with E-state index in [4.69, 9.17) is 0 Å². The number of H-pyrrole nitrogens is 1. The van der Waals surface area contributed by atoms with Gasteiger partial charge < -0.3 is 4.79 Å². The maximum atomic E-state index is 10.6. The van der Waals surface area contributed by atoms with Crippen LogP contribution >= 0.6 is 0 Å². The van der Waals surface area contributed by atoms with Gasteiger partial charge in [0.1, 0.15) is 6.29 Å². The third-order valence-corrected chi connectivity index (χ3v) is 2.15. The number of aromatic amines is 1. The van der Waals surface area contributed by atoms with E-state index in [1.165, 1.54) is 0 Å². The Bertz CT molecular complexity index is 433. The zero-order valence-electron chi connectivity index (χ0n) is 7.32. The predicted molar refractivity (Wildman–Crippen MR) is 50.6 cm³/mol. The van der Waals surface area contributed by atoms with Crippen LogP contribution in [0.15, 0.2) is 24.3 Å². The molecule has 0 saturated heterocycles. The van der Waals surface area contributed by atoms with Gasteiger partial charge in [0.05, 0.1) is 17.1 Å². The molecule has 13 heavy (non-hydrogen) atoms. The van der Waals surface area contributed by atoms with Crippen molar-refractivity contribution in [2.24, 2.45) is 0 Å². The molecule has 0 aliphatic rings. The van der Waals surface area contributed by atoms with Gasteiger partial charge in [0.2, 0.25) is 0 Å². The average Bonchev–Trinajstić information content (AvgIpc) is 2.60. The fraction of sp³-hybridized carbons (Fsp3) is 0.200. The summed E-state index contributed by atoms with van der Waals surface area (Å²) in [7, 11) is 0. The number of para-hydroxylation sites is 1. The number of nitrogens with one attached hydrogen (secondary N) is 1. The van der Waals surface area contributed by atoms with Crippen LogP contribution in [0.5, 0.6) is 0 Å². The lowest BCUT2D eigenvalue weighted by Crippen LogP contribution is -1.94. The van der Waals surface area contributed by atoms with Crippen LogP contribution in [0.1, 0.15) is 18.5 Å². The zero-order chi connectivity index (χ0) is 9.26. The van der Waals surface area contributed by atoms with Gasteiger partial charge in [-0.2, -0.15) is 5.10 Å². The van der Waals surface area contributed by atoms with E-state index < -0.39 is 0 Å². The lowest BCUT2D eigenvalue weighted by Gasteiger charge is -1.98. The van der Waals surface area contributed by atoms with E-state index in [-0.39, 0.29) is 5.92 Å². The molecule has 0 saturated carbocycles. The smallest absolute Gasteiger partial charge is 0.128 e. The fourth-order valence-corrected chi connectivity index (χ4v) is 1.39. The normalized spacial score (nSPS) is 13.0. The van der Waals surface area contributed by atoms with Crippen molar-refractivity contribution in [3.05, 3.63) is 30.0 Å². The maximum Gasteiger partial charge on any atom is 0.128 e. The Morgan fingerprint density at radius 3 is 3.00 bits per heavy atom. The van der Waals surface area contributed by atoms with Crippen LogP contribution in [0.25, 0.3) is 10.9 Å². The number of carbonyl (C=O) groups is 1. The molecule has 0 aliphatic carbocycles. The van der Waals surface area contributed by atoms with Crippen LogP contribution in [-0.2, 0) is 4.79 Å². The van der Waals surface area contributed by atoms with Gasteiger partial charge in [-0.15, -0.1) is 0 Å². The molecule has 0 aliphatic heterocycles. The second-order valence-electron chi connectivity index (χ2n) is 3.08. The molecule has 1 aromatic heterocycles. The number of hydrogen-bond acceptors (Lipinski definition) is 2. The lowest BCUT2D eigenvalue weighted by atomic mass is 10.1. The largest absolute Gasteiger partial charge is 0.303 e. The molecule has 1 aromatic carbocycles. The molecule has 66 valence electrons. The van der Waals surface area contributed by atoms with Gasteiger partial charge in [-0.1, -0.05) is 25.1 Å². The van der Waals surface area contributed by atoms with E-state index in [0.717, 1.165) is 22.9 Å². The second kappa shape index (κ2) is 3.01. The van der Waals surface area contributed by atoms with Crippen molar-refractivity contribution in [3.8, 4) is 0 Å². The quantitative estimate of drug-likeness (QED) is 0.706. The highest BCUT2D eigenvalue weighted by molar-refractivity contribution is 5.84. The summed E-state index contributed by atoms with van der Waals surface area (Å²) in [6, 6.07) is 7.76. The molecule has 3 heteroatoms. The molecule has 1 atom stereocenters. The van der Waals surface area contributed by atoms with Crippen molar-refractivity contribution < 1.29 is 4.79 Å². The summed E-state index contributed by atoms with van der Waals surface area (Å²) in [5.74, 6) is -0.118. The van der Waals surface area contributed by atoms with E-state index in [0.29, 0.717) is 0 Å². The topological polar surface area (TPSA) is 45.8 Å². The van der Waals surface area contributed by atoms with Gasteiger partial charge in [0, 0.05) is 5.39 Å². The summed E-state index contributed by atoms with van der Waals surface area (Å²) in [4.78, 5) is 10.6. The van der Waals surface area contributed by atoms with Crippen LogP contribution < -0.4 is 0 Å². The van der Waals surface area contributed by atoms with Crippen molar-refractivity contribution >= 4 is 17.2 Å². The SMILES string of the molecule is CC(C=O)c1[nH]nc2ccccc12. The van der Waals surface area contributed by atoms with Crippen LogP contribution in [0.3, 0.4) is 0 Å². The molecular formula is C10H10N2O. The Hall–Kier alpha value is -1.64. The summed E-state index contributed by atoms with van der Waals surface area (Å²) in [5.41, 5.74) is 1.80. The first-order chi connectivity index (χ1) is 6.33. The van der Waals surface area contributed by atoms with Gasteiger partial charge in [0.25, 0.3) is 0 Å². The van der Waals surface area contributed by atoms with Crippen LogP contribution in [0.4, 0.5) is 0 Å². The molecule has 3 nitrogen and oxygen atoms in total. The molecule has 0 radical (unpaired) electrons. The van der Waals surface area contributed by atoms with E-state index in [1.54, 1.807) is 0 Å². The number of fused-ring (bicyclic) bond motifs is 1. The molecule has 0 spiro atoms. The monoisotopic (exact) mass is 174 g/mol. The Labute approximate surface area is 75.8 Å². The molecule has 0 fully saturated rings. The minimum atomic E-state index is -0.118. The number of aromatic nitrogens is 2.